The third-order valence-corrected chi connectivity index (χ3v) is 3.25. The van der Waals surface area contributed by atoms with E-state index in [4.69, 9.17) is 0 Å². The minimum Gasteiger partial charge on any atom is -0.358 e. The smallest absolute Gasteiger partial charge is 0.333 e. The number of hydrogen-bond donors (Lipinski definition) is 1. The molecule has 7 heteroatoms. The van der Waals surface area contributed by atoms with E-state index in [1.165, 1.54) is 0 Å². The molecule has 1 N–H and O–H groups in total. The van der Waals surface area contributed by atoms with Crippen molar-refractivity contribution < 1.29 is 4.92 Å². The first-order chi connectivity index (χ1) is 10.0. The summed E-state index contributed by atoms with van der Waals surface area (Å²) >= 11 is 0. The molecule has 21 heavy (non-hydrogen) atoms. The predicted octanol–water partition coefficient (Wildman–Crippen LogP) is 3.08. The van der Waals surface area contributed by atoms with Crippen molar-refractivity contribution in [3.05, 3.63) is 45.9 Å². The van der Waals surface area contributed by atoms with Crippen LogP contribution in [0.25, 0.3) is 0 Å². The summed E-state index contributed by atoms with van der Waals surface area (Å²) in [6.07, 6.45) is 4.30. The second kappa shape index (κ2) is 6.34. The summed E-state index contributed by atoms with van der Waals surface area (Å²) in [4.78, 5) is 15.0. The Labute approximate surface area is 123 Å². The second-order valence-corrected chi connectivity index (χ2v) is 4.92. The Hall–Kier alpha value is -2.44. The van der Waals surface area contributed by atoms with E-state index in [0.717, 1.165) is 12.0 Å². The number of hydrogen-bond acceptors (Lipinski definition) is 5. The summed E-state index contributed by atoms with van der Waals surface area (Å²) in [6.45, 7) is 6.25. The van der Waals surface area contributed by atoms with Gasteiger partial charge in [-0.1, -0.05) is 13.0 Å². The standard InChI is InChI=1S/C14H19N5O2/c1-4-8-18-14(13(19(20)21)11(3)17-18)16-10(2)12-6-5-7-15-9-12/h5-7,9-10,16H,4,8H2,1-3H3. The molecule has 2 aromatic heterocycles. The highest BCUT2D eigenvalue weighted by molar-refractivity contribution is 5.60. The van der Waals surface area contributed by atoms with Crippen LogP contribution in [-0.2, 0) is 6.54 Å². The van der Waals surface area contributed by atoms with E-state index in [1.54, 1.807) is 24.0 Å². The number of anilines is 1. The molecule has 0 aromatic carbocycles. The monoisotopic (exact) mass is 289 g/mol. The van der Waals surface area contributed by atoms with Crippen molar-refractivity contribution in [3.63, 3.8) is 0 Å². The molecule has 0 amide bonds. The van der Waals surface area contributed by atoms with Crippen molar-refractivity contribution in [2.45, 2.75) is 39.8 Å². The van der Waals surface area contributed by atoms with Crippen molar-refractivity contribution in [1.29, 1.82) is 0 Å². The number of pyridine rings is 1. The second-order valence-electron chi connectivity index (χ2n) is 4.92. The van der Waals surface area contributed by atoms with Gasteiger partial charge in [0, 0.05) is 18.9 Å². The maximum atomic E-state index is 11.3. The number of aromatic nitrogens is 3. The van der Waals surface area contributed by atoms with Gasteiger partial charge in [-0.15, -0.1) is 0 Å². The number of aryl methyl sites for hydroxylation is 2. The zero-order valence-corrected chi connectivity index (χ0v) is 12.4. The molecule has 0 saturated carbocycles. The van der Waals surface area contributed by atoms with Gasteiger partial charge < -0.3 is 5.32 Å². The molecule has 0 aliphatic carbocycles. The molecule has 7 nitrogen and oxygen atoms in total. The molecule has 0 spiro atoms. The Morgan fingerprint density at radius 3 is 2.86 bits per heavy atom. The summed E-state index contributed by atoms with van der Waals surface area (Å²) < 4.78 is 1.67. The lowest BCUT2D eigenvalue weighted by Crippen LogP contribution is -2.13. The topological polar surface area (TPSA) is 85.9 Å². The van der Waals surface area contributed by atoms with Gasteiger partial charge in [0.05, 0.1) is 11.0 Å². The fourth-order valence-electron chi connectivity index (χ4n) is 2.23. The maximum Gasteiger partial charge on any atom is 0.333 e. The minimum atomic E-state index is -0.382. The molecule has 0 saturated heterocycles. The van der Waals surface area contributed by atoms with E-state index in [2.05, 4.69) is 15.4 Å². The molecule has 0 aliphatic heterocycles. The van der Waals surface area contributed by atoms with Gasteiger partial charge in [0.2, 0.25) is 5.82 Å². The molecule has 2 aromatic rings. The van der Waals surface area contributed by atoms with Crippen LogP contribution < -0.4 is 5.32 Å². The zero-order chi connectivity index (χ0) is 15.4. The van der Waals surface area contributed by atoms with Crippen LogP contribution in [0.3, 0.4) is 0 Å². The van der Waals surface area contributed by atoms with Crippen LogP contribution in [0.15, 0.2) is 24.5 Å². The van der Waals surface area contributed by atoms with Gasteiger partial charge in [-0.3, -0.25) is 15.1 Å². The van der Waals surface area contributed by atoms with E-state index >= 15 is 0 Å². The van der Waals surface area contributed by atoms with Gasteiger partial charge in [0.1, 0.15) is 5.69 Å². The lowest BCUT2D eigenvalue weighted by atomic mass is 10.1. The SMILES string of the molecule is CCCn1nc(C)c([N+](=O)[O-])c1NC(C)c1cccnc1. The van der Waals surface area contributed by atoms with Crippen LogP contribution in [0.4, 0.5) is 11.5 Å². The number of nitrogens with zero attached hydrogens (tertiary/aromatic N) is 4. The van der Waals surface area contributed by atoms with Crippen LogP contribution in [-0.4, -0.2) is 19.7 Å². The van der Waals surface area contributed by atoms with Crippen LogP contribution in [0.5, 0.6) is 0 Å². The van der Waals surface area contributed by atoms with E-state index in [9.17, 15) is 10.1 Å². The number of rotatable bonds is 6. The summed E-state index contributed by atoms with van der Waals surface area (Å²) in [5.41, 5.74) is 1.43. The van der Waals surface area contributed by atoms with Crippen LogP contribution in [0, 0.1) is 17.0 Å². The number of nitro groups is 1. The lowest BCUT2D eigenvalue weighted by Gasteiger charge is -2.15. The normalized spacial score (nSPS) is 12.1. The summed E-state index contributed by atoms with van der Waals surface area (Å²) in [5.74, 6) is 0.454. The molecule has 0 bridgehead atoms. The highest BCUT2D eigenvalue weighted by Crippen LogP contribution is 2.31. The first kappa shape index (κ1) is 15.0. The summed E-state index contributed by atoms with van der Waals surface area (Å²) in [5, 5.41) is 18.7. The Balaban J connectivity index is 2.35. The van der Waals surface area contributed by atoms with Crippen LogP contribution in [0.1, 0.15) is 37.6 Å². The molecular weight excluding hydrogens is 270 g/mol. The van der Waals surface area contributed by atoms with Crippen LogP contribution in [0.2, 0.25) is 0 Å². The molecule has 0 aliphatic rings. The van der Waals surface area contributed by atoms with E-state index in [0.29, 0.717) is 18.1 Å². The predicted molar refractivity (Wildman–Crippen MR) is 80.2 cm³/mol. The molecule has 0 radical (unpaired) electrons. The van der Waals surface area contributed by atoms with Gasteiger partial charge in [-0.2, -0.15) is 5.10 Å². The summed E-state index contributed by atoms with van der Waals surface area (Å²) in [7, 11) is 0. The van der Waals surface area contributed by atoms with Gasteiger partial charge in [0.15, 0.2) is 0 Å². The molecular formula is C14H19N5O2. The quantitative estimate of drug-likeness (QED) is 0.652. The molecule has 112 valence electrons. The maximum absolute atomic E-state index is 11.3. The largest absolute Gasteiger partial charge is 0.358 e. The fourth-order valence-corrected chi connectivity index (χ4v) is 2.23. The Morgan fingerprint density at radius 2 is 2.29 bits per heavy atom. The van der Waals surface area contributed by atoms with Gasteiger partial charge >= 0.3 is 5.69 Å². The van der Waals surface area contributed by atoms with E-state index in [-0.39, 0.29) is 16.7 Å². The first-order valence-electron chi connectivity index (χ1n) is 6.92. The van der Waals surface area contributed by atoms with Crippen molar-refractivity contribution >= 4 is 11.5 Å². The fraction of sp³-hybridized carbons (Fsp3) is 0.429. The van der Waals surface area contributed by atoms with Gasteiger partial charge in [-0.05, 0) is 31.9 Å². The zero-order valence-electron chi connectivity index (χ0n) is 12.4. The Bertz CT molecular complexity index is 624. The Kier molecular flexibility index (Phi) is 4.52. The van der Waals surface area contributed by atoms with Crippen LogP contribution >= 0.6 is 0 Å². The van der Waals surface area contributed by atoms with Gasteiger partial charge in [0.25, 0.3) is 0 Å². The molecule has 2 rings (SSSR count). The highest BCUT2D eigenvalue weighted by Gasteiger charge is 2.26. The van der Waals surface area contributed by atoms with E-state index in [1.807, 2.05) is 26.0 Å². The summed E-state index contributed by atoms with van der Waals surface area (Å²) in [6, 6.07) is 3.68. The first-order valence-corrected chi connectivity index (χ1v) is 6.92. The van der Waals surface area contributed by atoms with Crippen molar-refractivity contribution in [1.82, 2.24) is 14.8 Å². The average Bonchev–Trinajstić information content (AvgIpc) is 2.76. The lowest BCUT2D eigenvalue weighted by molar-refractivity contribution is -0.384. The molecule has 2 heterocycles. The third-order valence-electron chi connectivity index (χ3n) is 3.25. The van der Waals surface area contributed by atoms with Gasteiger partial charge in [-0.25, -0.2) is 4.68 Å². The highest BCUT2D eigenvalue weighted by atomic mass is 16.6. The Morgan fingerprint density at radius 1 is 1.52 bits per heavy atom. The third kappa shape index (κ3) is 3.18. The van der Waals surface area contributed by atoms with E-state index < -0.39 is 0 Å². The van der Waals surface area contributed by atoms with Crippen molar-refractivity contribution in [2.75, 3.05) is 5.32 Å². The minimum absolute atomic E-state index is 0.0409. The van der Waals surface area contributed by atoms with Crippen molar-refractivity contribution in [2.24, 2.45) is 0 Å². The molecule has 1 unspecified atom stereocenters. The molecule has 1 atom stereocenters. The van der Waals surface area contributed by atoms with Crippen molar-refractivity contribution in [3.8, 4) is 0 Å². The number of nitrogens with one attached hydrogen (secondary N) is 1. The molecule has 0 fully saturated rings. The average molecular weight is 289 g/mol.